The number of rotatable bonds is 2. The minimum absolute atomic E-state index is 0.136. The molecule has 1 fully saturated rings. The van der Waals surface area contributed by atoms with Crippen LogP contribution in [0.15, 0.2) is 0 Å². The molecule has 0 atom stereocenters. The van der Waals surface area contributed by atoms with Crippen LogP contribution in [0.3, 0.4) is 0 Å². The number of piperazine rings is 1. The summed E-state index contributed by atoms with van der Waals surface area (Å²) in [5.74, 6) is 0.136. The number of guanidine groups is 1. The van der Waals surface area contributed by atoms with Crippen LogP contribution >= 0.6 is 0 Å². The summed E-state index contributed by atoms with van der Waals surface area (Å²) in [6.07, 6.45) is 0. The Kier molecular flexibility index (Phi) is 3.50. The lowest BCUT2D eigenvalue weighted by Gasteiger charge is -2.40. The van der Waals surface area contributed by atoms with Gasteiger partial charge in [-0.2, -0.15) is 0 Å². The van der Waals surface area contributed by atoms with Crippen molar-refractivity contribution >= 4 is 5.96 Å². The molecule has 0 amide bonds. The SMILES string of the molecule is CC(C)N(C(=N)N)N1CCNCC1. The zero-order valence-electron chi connectivity index (χ0n) is 8.38. The Morgan fingerprint density at radius 2 is 2.00 bits per heavy atom. The maximum Gasteiger partial charge on any atom is 0.203 e. The van der Waals surface area contributed by atoms with Crippen molar-refractivity contribution < 1.29 is 0 Å². The lowest BCUT2D eigenvalue weighted by Crippen LogP contribution is -2.58. The topological polar surface area (TPSA) is 68.4 Å². The summed E-state index contributed by atoms with van der Waals surface area (Å²) >= 11 is 0. The van der Waals surface area contributed by atoms with Gasteiger partial charge in [0.15, 0.2) is 0 Å². The molecule has 0 radical (unpaired) electrons. The number of nitrogens with one attached hydrogen (secondary N) is 2. The van der Waals surface area contributed by atoms with Crippen LogP contribution in [0.25, 0.3) is 0 Å². The molecule has 0 aromatic heterocycles. The largest absolute Gasteiger partial charge is 0.369 e. The quantitative estimate of drug-likeness (QED) is 0.397. The Balaban J connectivity index is 2.57. The third kappa shape index (κ3) is 2.57. The summed E-state index contributed by atoms with van der Waals surface area (Å²) in [7, 11) is 0. The van der Waals surface area contributed by atoms with E-state index in [1.165, 1.54) is 0 Å². The first kappa shape index (κ1) is 10.3. The van der Waals surface area contributed by atoms with Gasteiger partial charge in [0.2, 0.25) is 5.96 Å². The van der Waals surface area contributed by atoms with Gasteiger partial charge < -0.3 is 11.1 Å². The fourth-order valence-electron chi connectivity index (χ4n) is 1.63. The van der Waals surface area contributed by atoms with Crippen molar-refractivity contribution in [3.63, 3.8) is 0 Å². The molecule has 1 aliphatic rings. The second-order valence-electron chi connectivity index (χ2n) is 3.53. The molecular formula is C8H19N5. The zero-order valence-corrected chi connectivity index (χ0v) is 8.38. The highest BCUT2D eigenvalue weighted by Crippen LogP contribution is 2.04. The summed E-state index contributed by atoms with van der Waals surface area (Å²) in [6, 6.07) is 0.260. The van der Waals surface area contributed by atoms with Crippen LogP contribution in [0.1, 0.15) is 13.8 Å². The predicted octanol–water partition coefficient (Wildman–Crippen LogP) is -0.590. The molecule has 0 unspecified atom stereocenters. The number of nitrogens with zero attached hydrogens (tertiary/aromatic N) is 2. The monoisotopic (exact) mass is 185 g/mol. The summed E-state index contributed by atoms with van der Waals surface area (Å²) in [6.45, 7) is 7.88. The van der Waals surface area contributed by atoms with Crippen LogP contribution in [0.4, 0.5) is 0 Å². The highest BCUT2D eigenvalue weighted by atomic mass is 15.7. The van der Waals surface area contributed by atoms with Crippen molar-refractivity contribution in [2.45, 2.75) is 19.9 Å². The molecule has 4 N–H and O–H groups in total. The number of hydrogen-bond acceptors (Lipinski definition) is 3. The van der Waals surface area contributed by atoms with Gasteiger partial charge in [-0.15, -0.1) is 0 Å². The Morgan fingerprint density at radius 3 is 2.38 bits per heavy atom. The molecule has 0 aliphatic carbocycles. The Morgan fingerprint density at radius 1 is 1.46 bits per heavy atom. The smallest absolute Gasteiger partial charge is 0.203 e. The maximum atomic E-state index is 7.46. The molecule has 1 saturated heterocycles. The Labute approximate surface area is 79.4 Å². The molecule has 0 saturated carbocycles. The second-order valence-corrected chi connectivity index (χ2v) is 3.53. The lowest BCUT2D eigenvalue weighted by molar-refractivity contribution is 0.00609. The molecule has 0 aromatic carbocycles. The predicted molar refractivity (Wildman–Crippen MR) is 53.3 cm³/mol. The summed E-state index contributed by atoms with van der Waals surface area (Å²) in [5, 5.41) is 14.7. The van der Waals surface area contributed by atoms with Crippen LogP contribution in [0.2, 0.25) is 0 Å². The van der Waals surface area contributed by atoms with E-state index < -0.39 is 0 Å². The summed E-state index contributed by atoms with van der Waals surface area (Å²) in [4.78, 5) is 0. The first-order valence-corrected chi connectivity index (χ1v) is 4.71. The van der Waals surface area contributed by atoms with Crippen LogP contribution in [-0.4, -0.2) is 48.2 Å². The molecule has 13 heavy (non-hydrogen) atoms. The van der Waals surface area contributed by atoms with Gasteiger partial charge in [0, 0.05) is 32.2 Å². The van der Waals surface area contributed by atoms with Crippen molar-refractivity contribution in [3.05, 3.63) is 0 Å². The molecule has 0 bridgehead atoms. The number of hydrazine groups is 1. The van der Waals surface area contributed by atoms with Crippen LogP contribution < -0.4 is 11.1 Å². The van der Waals surface area contributed by atoms with E-state index in [0.29, 0.717) is 0 Å². The van der Waals surface area contributed by atoms with Crippen LogP contribution in [0, 0.1) is 5.41 Å². The van der Waals surface area contributed by atoms with E-state index in [2.05, 4.69) is 10.3 Å². The molecular weight excluding hydrogens is 166 g/mol. The standard InChI is InChI=1S/C8H19N5/c1-7(2)13(8(9)10)12-5-3-11-4-6-12/h7,11H,3-6H2,1-2H3,(H3,9,10). The highest BCUT2D eigenvalue weighted by Gasteiger charge is 2.21. The van der Waals surface area contributed by atoms with E-state index in [0.717, 1.165) is 26.2 Å². The number of nitrogens with two attached hydrogens (primary N) is 1. The molecule has 1 aliphatic heterocycles. The molecule has 76 valence electrons. The Hall–Kier alpha value is -0.810. The van der Waals surface area contributed by atoms with Gasteiger partial charge in [-0.1, -0.05) is 0 Å². The molecule has 1 rings (SSSR count). The van der Waals surface area contributed by atoms with Crippen molar-refractivity contribution in [2.24, 2.45) is 5.73 Å². The van der Waals surface area contributed by atoms with E-state index in [1.807, 2.05) is 18.9 Å². The van der Waals surface area contributed by atoms with E-state index in [-0.39, 0.29) is 12.0 Å². The minimum Gasteiger partial charge on any atom is -0.369 e. The van der Waals surface area contributed by atoms with Crippen molar-refractivity contribution in [2.75, 3.05) is 26.2 Å². The van der Waals surface area contributed by atoms with Crippen LogP contribution in [-0.2, 0) is 0 Å². The third-order valence-electron chi connectivity index (χ3n) is 2.13. The normalized spacial score (nSPS) is 19.0. The van der Waals surface area contributed by atoms with Gasteiger partial charge in [-0.3, -0.25) is 10.4 Å². The van der Waals surface area contributed by atoms with Crippen LogP contribution in [0.5, 0.6) is 0 Å². The minimum atomic E-state index is 0.136. The van der Waals surface area contributed by atoms with Crippen molar-refractivity contribution in [1.82, 2.24) is 15.3 Å². The highest BCUT2D eigenvalue weighted by molar-refractivity contribution is 5.74. The van der Waals surface area contributed by atoms with Crippen molar-refractivity contribution in [3.8, 4) is 0 Å². The molecule has 1 heterocycles. The average Bonchev–Trinajstić information content (AvgIpc) is 2.04. The summed E-state index contributed by atoms with van der Waals surface area (Å²) < 4.78 is 0. The van der Waals surface area contributed by atoms with E-state index in [4.69, 9.17) is 11.1 Å². The van der Waals surface area contributed by atoms with E-state index in [9.17, 15) is 0 Å². The van der Waals surface area contributed by atoms with Crippen molar-refractivity contribution in [1.29, 1.82) is 5.41 Å². The molecule has 5 heteroatoms. The number of hydrogen-bond donors (Lipinski definition) is 3. The van der Waals surface area contributed by atoms with Gasteiger partial charge in [0.25, 0.3) is 0 Å². The average molecular weight is 185 g/mol. The molecule has 0 spiro atoms. The third-order valence-corrected chi connectivity index (χ3v) is 2.13. The lowest BCUT2D eigenvalue weighted by atomic mass is 10.3. The van der Waals surface area contributed by atoms with Gasteiger partial charge in [0.1, 0.15) is 0 Å². The van der Waals surface area contributed by atoms with Gasteiger partial charge >= 0.3 is 0 Å². The van der Waals surface area contributed by atoms with Gasteiger partial charge in [-0.25, -0.2) is 5.01 Å². The second kappa shape index (κ2) is 4.43. The molecule has 5 nitrogen and oxygen atoms in total. The van der Waals surface area contributed by atoms with Gasteiger partial charge in [-0.05, 0) is 13.8 Å². The fourth-order valence-corrected chi connectivity index (χ4v) is 1.63. The molecule has 0 aromatic rings. The Bertz CT molecular complexity index is 173. The zero-order chi connectivity index (χ0) is 9.84. The first-order chi connectivity index (χ1) is 6.13. The van der Waals surface area contributed by atoms with E-state index >= 15 is 0 Å². The maximum absolute atomic E-state index is 7.46. The first-order valence-electron chi connectivity index (χ1n) is 4.71. The fraction of sp³-hybridized carbons (Fsp3) is 0.875. The van der Waals surface area contributed by atoms with E-state index in [1.54, 1.807) is 0 Å². The van der Waals surface area contributed by atoms with Gasteiger partial charge in [0.05, 0.1) is 0 Å². The summed E-state index contributed by atoms with van der Waals surface area (Å²) in [5.41, 5.74) is 5.52.